The lowest BCUT2D eigenvalue weighted by Crippen LogP contribution is -2.37. The summed E-state index contributed by atoms with van der Waals surface area (Å²) in [7, 11) is -3.13. The van der Waals surface area contributed by atoms with Gasteiger partial charge in [-0.25, -0.2) is 13.1 Å². The van der Waals surface area contributed by atoms with Crippen molar-refractivity contribution in [1.29, 1.82) is 0 Å². The van der Waals surface area contributed by atoms with Crippen LogP contribution in [-0.2, 0) is 16.4 Å². The molecular formula is C14H21NO2S. The number of hydrogen-bond donors (Lipinski definition) is 1. The van der Waals surface area contributed by atoms with E-state index in [0.717, 1.165) is 31.2 Å². The number of aryl methyl sites for hydroxylation is 1. The van der Waals surface area contributed by atoms with Gasteiger partial charge >= 0.3 is 0 Å². The highest BCUT2D eigenvalue weighted by atomic mass is 32.2. The molecule has 0 radical (unpaired) electrons. The second kappa shape index (κ2) is 6.34. The van der Waals surface area contributed by atoms with Crippen molar-refractivity contribution in [3.8, 4) is 0 Å². The van der Waals surface area contributed by atoms with Crippen molar-refractivity contribution >= 4 is 10.0 Å². The molecule has 0 spiro atoms. The average Bonchev–Trinajstić information content (AvgIpc) is 2.38. The lowest BCUT2D eigenvalue weighted by atomic mass is 9.96. The molecule has 1 saturated carbocycles. The Bertz CT molecular complexity index is 450. The van der Waals surface area contributed by atoms with Crippen molar-refractivity contribution in [2.24, 2.45) is 0 Å². The third kappa shape index (κ3) is 4.42. The van der Waals surface area contributed by atoms with Crippen molar-refractivity contribution in [2.45, 2.75) is 44.6 Å². The lowest BCUT2D eigenvalue weighted by molar-refractivity contribution is 0.412. The predicted molar refractivity (Wildman–Crippen MR) is 73.9 cm³/mol. The van der Waals surface area contributed by atoms with Gasteiger partial charge in [0, 0.05) is 6.04 Å². The maximum absolute atomic E-state index is 12.0. The maximum Gasteiger partial charge on any atom is 0.212 e. The second-order valence-electron chi connectivity index (χ2n) is 5.01. The predicted octanol–water partition coefficient (Wildman–Crippen LogP) is 2.48. The second-order valence-corrected chi connectivity index (χ2v) is 6.88. The molecule has 0 bridgehead atoms. The molecule has 1 aliphatic rings. The van der Waals surface area contributed by atoms with Crippen LogP contribution >= 0.6 is 0 Å². The van der Waals surface area contributed by atoms with Crippen LogP contribution < -0.4 is 4.72 Å². The Morgan fingerprint density at radius 1 is 1.06 bits per heavy atom. The van der Waals surface area contributed by atoms with Gasteiger partial charge in [-0.3, -0.25) is 0 Å². The number of benzene rings is 1. The summed E-state index contributed by atoms with van der Waals surface area (Å²) < 4.78 is 26.8. The summed E-state index contributed by atoms with van der Waals surface area (Å²) in [5.74, 6) is 0.188. The van der Waals surface area contributed by atoms with Crippen LogP contribution in [0.25, 0.3) is 0 Å². The van der Waals surface area contributed by atoms with Crippen LogP contribution in [0.1, 0.15) is 37.7 Å². The van der Waals surface area contributed by atoms with Crippen molar-refractivity contribution in [3.63, 3.8) is 0 Å². The Hall–Kier alpha value is -0.870. The Morgan fingerprint density at radius 3 is 2.39 bits per heavy atom. The summed E-state index contributed by atoms with van der Waals surface area (Å²) in [6.07, 6.45) is 6.10. The molecular weight excluding hydrogens is 246 g/mol. The Labute approximate surface area is 110 Å². The van der Waals surface area contributed by atoms with E-state index in [2.05, 4.69) is 4.72 Å². The maximum atomic E-state index is 12.0. The first kappa shape index (κ1) is 13.6. The molecule has 18 heavy (non-hydrogen) atoms. The molecule has 0 heterocycles. The molecule has 0 saturated heterocycles. The third-order valence-corrected chi connectivity index (χ3v) is 4.89. The minimum atomic E-state index is -3.13. The smallest absolute Gasteiger partial charge is 0.212 e. The summed E-state index contributed by atoms with van der Waals surface area (Å²) in [6, 6.07) is 9.93. The summed E-state index contributed by atoms with van der Waals surface area (Å²) in [6.45, 7) is 0. The zero-order valence-electron chi connectivity index (χ0n) is 10.6. The summed E-state index contributed by atoms with van der Waals surface area (Å²) >= 11 is 0. The highest BCUT2D eigenvalue weighted by molar-refractivity contribution is 7.89. The SMILES string of the molecule is O=S(=O)(CCc1ccccc1)NC1CCCCC1. The van der Waals surface area contributed by atoms with Crippen LogP contribution in [0.3, 0.4) is 0 Å². The molecule has 1 aromatic rings. The van der Waals surface area contributed by atoms with Gasteiger partial charge in [0.15, 0.2) is 0 Å². The summed E-state index contributed by atoms with van der Waals surface area (Å²) in [5, 5.41) is 0. The average molecular weight is 267 g/mol. The molecule has 4 heteroatoms. The minimum absolute atomic E-state index is 0.166. The fraction of sp³-hybridized carbons (Fsp3) is 0.571. The number of sulfonamides is 1. The van der Waals surface area contributed by atoms with Crippen LogP contribution in [0.4, 0.5) is 0 Å². The van der Waals surface area contributed by atoms with Gasteiger partial charge in [0.05, 0.1) is 5.75 Å². The van der Waals surface area contributed by atoms with E-state index in [9.17, 15) is 8.42 Å². The van der Waals surface area contributed by atoms with Crippen molar-refractivity contribution in [2.75, 3.05) is 5.75 Å². The van der Waals surface area contributed by atoms with Gasteiger partial charge in [0.2, 0.25) is 10.0 Å². The normalized spacial score (nSPS) is 17.8. The van der Waals surface area contributed by atoms with E-state index >= 15 is 0 Å². The quantitative estimate of drug-likeness (QED) is 0.891. The summed E-state index contributed by atoms with van der Waals surface area (Å²) in [5.41, 5.74) is 1.08. The molecule has 0 atom stereocenters. The fourth-order valence-corrected chi connectivity index (χ4v) is 3.80. The molecule has 3 nitrogen and oxygen atoms in total. The molecule has 1 aromatic carbocycles. The molecule has 0 amide bonds. The van der Waals surface area contributed by atoms with Gasteiger partial charge in [-0.2, -0.15) is 0 Å². The molecule has 0 aromatic heterocycles. The van der Waals surface area contributed by atoms with Crippen LogP contribution in [0.2, 0.25) is 0 Å². The first-order chi connectivity index (χ1) is 8.66. The van der Waals surface area contributed by atoms with E-state index in [1.807, 2.05) is 30.3 Å². The Morgan fingerprint density at radius 2 is 1.72 bits per heavy atom. The van der Waals surface area contributed by atoms with Gasteiger partial charge in [-0.15, -0.1) is 0 Å². The first-order valence-electron chi connectivity index (χ1n) is 6.70. The standard InChI is InChI=1S/C14H21NO2S/c16-18(17,15-14-9-5-2-6-10-14)12-11-13-7-3-1-4-8-13/h1,3-4,7-8,14-15H,2,5-6,9-12H2. The molecule has 1 fully saturated rings. The third-order valence-electron chi connectivity index (χ3n) is 3.45. The van der Waals surface area contributed by atoms with Gasteiger partial charge in [-0.1, -0.05) is 49.6 Å². The molecule has 1 aliphatic carbocycles. The highest BCUT2D eigenvalue weighted by Gasteiger charge is 2.19. The number of nitrogens with one attached hydrogen (secondary N) is 1. The molecule has 2 rings (SSSR count). The molecule has 100 valence electrons. The van der Waals surface area contributed by atoms with Crippen molar-refractivity contribution < 1.29 is 8.42 Å². The number of rotatable bonds is 5. The topological polar surface area (TPSA) is 46.2 Å². The minimum Gasteiger partial charge on any atom is -0.212 e. The Kier molecular flexibility index (Phi) is 4.78. The van der Waals surface area contributed by atoms with E-state index in [-0.39, 0.29) is 11.8 Å². The number of hydrogen-bond acceptors (Lipinski definition) is 2. The van der Waals surface area contributed by atoms with Gasteiger partial charge < -0.3 is 0 Å². The largest absolute Gasteiger partial charge is 0.212 e. The van der Waals surface area contributed by atoms with Crippen LogP contribution in [0.5, 0.6) is 0 Å². The van der Waals surface area contributed by atoms with Crippen LogP contribution in [0, 0.1) is 0 Å². The van der Waals surface area contributed by atoms with E-state index in [1.165, 1.54) is 6.42 Å². The van der Waals surface area contributed by atoms with Crippen molar-refractivity contribution in [1.82, 2.24) is 4.72 Å². The van der Waals surface area contributed by atoms with Crippen LogP contribution in [0.15, 0.2) is 30.3 Å². The van der Waals surface area contributed by atoms with E-state index < -0.39 is 10.0 Å². The monoisotopic (exact) mass is 267 g/mol. The van der Waals surface area contributed by atoms with E-state index in [4.69, 9.17) is 0 Å². The first-order valence-corrected chi connectivity index (χ1v) is 8.35. The van der Waals surface area contributed by atoms with Crippen LogP contribution in [-0.4, -0.2) is 20.2 Å². The molecule has 0 unspecified atom stereocenters. The van der Waals surface area contributed by atoms with E-state index in [1.54, 1.807) is 0 Å². The van der Waals surface area contributed by atoms with E-state index in [0.29, 0.717) is 6.42 Å². The molecule has 1 N–H and O–H groups in total. The zero-order chi connectivity index (χ0) is 12.8. The van der Waals surface area contributed by atoms with Gasteiger partial charge in [0.25, 0.3) is 0 Å². The van der Waals surface area contributed by atoms with Gasteiger partial charge in [0.1, 0.15) is 0 Å². The summed E-state index contributed by atoms with van der Waals surface area (Å²) in [4.78, 5) is 0. The van der Waals surface area contributed by atoms with Gasteiger partial charge in [-0.05, 0) is 24.8 Å². The van der Waals surface area contributed by atoms with Crippen molar-refractivity contribution in [3.05, 3.63) is 35.9 Å². The highest BCUT2D eigenvalue weighted by Crippen LogP contribution is 2.18. The fourth-order valence-electron chi connectivity index (χ4n) is 2.43. The zero-order valence-corrected chi connectivity index (χ0v) is 11.5. The molecule has 0 aliphatic heterocycles. The Balaban J connectivity index is 1.83. The lowest BCUT2D eigenvalue weighted by Gasteiger charge is -2.22.